The maximum atomic E-state index is 13.0. The fourth-order valence-corrected chi connectivity index (χ4v) is 9.06. The minimum absolute atomic E-state index is 0.137. The summed E-state index contributed by atoms with van der Waals surface area (Å²) in [5.74, 6) is 1.84. The molecule has 1 aliphatic heterocycles. The molecule has 0 radical (unpaired) electrons. The third-order valence-electron chi connectivity index (χ3n) is 9.78. The predicted molar refractivity (Wildman–Crippen MR) is 219 cm³/mol. The lowest BCUT2D eigenvalue weighted by molar-refractivity contribution is -0.0912. The number of ether oxygens (including phenoxy) is 4. The zero-order valence-electron chi connectivity index (χ0n) is 33.6. The summed E-state index contributed by atoms with van der Waals surface area (Å²) < 4.78 is 43.1. The standard InChI is InChI=1S/C42H55N6O7P/c1-9-24-53-56(48(28(3)4)29(5)6)55-35-25-37(47-27-44-38-39(47)45-41(43-10-2)46-40(38)49)54-36(35)26-52-42(30-14-12-11-13-15-30,31-16-20-33(50-7)21-17-31)32-18-22-34(51-8)23-19-32/h11-23,27-29,35-37H,9-10,24-26H2,1-8H3,(H2,43,45,46,49)/t35-,36+,37+,56?/m0/s1. The second-order valence-electron chi connectivity index (χ2n) is 14.2. The van der Waals surface area contributed by atoms with Crippen molar-refractivity contribution in [2.45, 2.75) is 90.5 Å². The molecule has 14 heteroatoms. The molecule has 0 spiro atoms. The molecule has 1 fully saturated rings. The largest absolute Gasteiger partial charge is 0.497 e. The lowest BCUT2D eigenvalue weighted by Gasteiger charge is -2.39. The topological polar surface area (TPSA) is 134 Å². The van der Waals surface area contributed by atoms with E-state index in [2.05, 4.69) is 66.7 Å². The normalized spacial score (nSPS) is 17.9. The molecule has 3 heterocycles. The Kier molecular flexibility index (Phi) is 13.8. The summed E-state index contributed by atoms with van der Waals surface area (Å²) in [6.45, 7) is 13.9. The van der Waals surface area contributed by atoms with E-state index in [9.17, 15) is 4.79 Å². The highest BCUT2D eigenvalue weighted by Gasteiger charge is 2.45. The predicted octanol–water partition coefficient (Wildman–Crippen LogP) is 8.02. The van der Waals surface area contributed by atoms with E-state index in [0.29, 0.717) is 31.2 Å². The van der Waals surface area contributed by atoms with Gasteiger partial charge < -0.3 is 33.3 Å². The van der Waals surface area contributed by atoms with Crippen molar-refractivity contribution in [3.8, 4) is 11.5 Å². The molecule has 5 aromatic rings. The maximum Gasteiger partial charge on any atom is 0.280 e. The summed E-state index contributed by atoms with van der Waals surface area (Å²) in [4.78, 5) is 25.0. The van der Waals surface area contributed by atoms with Crippen LogP contribution in [-0.4, -0.2) is 82.5 Å². The molecule has 0 aliphatic carbocycles. The first kappa shape index (κ1) is 41.3. The van der Waals surface area contributed by atoms with Gasteiger partial charge in [0.2, 0.25) is 5.95 Å². The molecule has 6 rings (SSSR count). The lowest BCUT2D eigenvalue weighted by atomic mass is 9.80. The zero-order valence-corrected chi connectivity index (χ0v) is 34.5. The number of imidazole rings is 1. The van der Waals surface area contributed by atoms with E-state index >= 15 is 0 Å². The minimum atomic E-state index is -1.49. The van der Waals surface area contributed by atoms with Gasteiger partial charge in [0, 0.05) is 25.0 Å². The zero-order chi connectivity index (χ0) is 39.8. The average Bonchev–Trinajstić information content (AvgIpc) is 3.82. The summed E-state index contributed by atoms with van der Waals surface area (Å²) >= 11 is 0. The smallest absolute Gasteiger partial charge is 0.280 e. The first-order valence-corrected chi connectivity index (χ1v) is 20.5. The summed E-state index contributed by atoms with van der Waals surface area (Å²) in [6.07, 6.45) is 1.30. The molecule has 1 saturated heterocycles. The number of anilines is 1. The van der Waals surface area contributed by atoms with Crippen molar-refractivity contribution < 1.29 is 28.0 Å². The van der Waals surface area contributed by atoms with Crippen molar-refractivity contribution >= 4 is 25.6 Å². The Balaban J connectivity index is 1.44. The number of benzene rings is 3. The first-order valence-electron chi connectivity index (χ1n) is 19.4. The number of methoxy groups -OCH3 is 2. The average molecular weight is 787 g/mol. The van der Waals surface area contributed by atoms with Crippen molar-refractivity contribution in [2.75, 3.05) is 39.3 Å². The van der Waals surface area contributed by atoms with Gasteiger partial charge in [0.1, 0.15) is 29.4 Å². The van der Waals surface area contributed by atoms with Crippen molar-refractivity contribution in [3.63, 3.8) is 0 Å². The van der Waals surface area contributed by atoms with Crippen LogP contribution in [0.2, 0.25) is 0 Å². The van der Waals surface area contributed by atoms with Crippen LogP contribution in [0.5, 0.6) is 11.5 Å². The molecule has 0 amide bonds. The Hall–Kier alpha value is -4.36. The Labute approximate surface area is 330 Å². The van der Waals surface area contributed by atoms with E-state index in [1.54, 1.807) is 20.5 Å². The molecule has 0 saturated carbocycles. The Morgan fingerprint density at radius 3 is 2.09 bits per heavy atom. The number of aromatic nitrogens is 4. The maximum absolute atomic E-state index is 13.0. The molecule has 1 aliphatic rings. The van der Waals surface area contributed by atoms with E-state index in [-0.39, 0.29) is 29.8 Å². The third-order valence-corrected chi connectivity index (χ3v) is 11.9. The summed E-state index contributed by atoms with van der Waals surface area (Å²) in [5, 5.41) is 3.11. The number of nitrogens with zero attached hydrogens (tertiary/aromatic N) is 4. The van der Waals surface area contributed by atoms with E-state index in [4.69, 9.17) is 33.0 Å². The highest BCUT2D eigenvalue weighted by Crippen LogP contribution is 2.51. The Morgan fingerprint density at radius 2 is 1.54 bits per heavy atom. The highest BCUT2D eigenvalue weighted by atomic mass is 31.2. The molecular weight excluding hydrogens is 731 g/mol. The van der Waals surface area contributed by atoms with E-state index < -0.39 is 32.6 Å². The summed E-state index contributed by atoms with van der Waals surface area (Å²) in [7, 11) is 1.82. The molecule has 0 bridgehead atoms. The minimum Gasteiger partial charge on any atom is -0.497 e. The fraction of sp³-hybridized carbons (Fsp3) is 0.452. The van der Waals surface area contributed by atoms with Crippen LogP contribution in [0.4, 0.5) is 5.95 Å². The number of fused-ring (bicyclic) bond motifs is 1. The third kappa shape index (κ3) is 8.78. The van der Waals surface area contributed by atoms with Gasteiger partial charge in [-0.1, -0.05) is 61.5 Å². The van der Waals surface area contributed by atoms with Gasteiger partial charge in [-0.05, 0) is 82.0 Å². The van der Waals surface area contributed by atoms with Crippen molar-refractivity contribution in [1.82, 2.24) is 24.2 Å². The molecular formula is C42H55N6O7P. The van der Waals surface area contributed by atoms with E-state index in [1.807, 2.05) is 78.2 Å². The van der Waals surface area contributed by atoms with Crippen LogP contribution in [-0.2, 0) is 24.1 Å². The van der Waals surface area contributed by atoms with Gasteiger partial charge in [0.25, 0.3) is 14.1 Å². The molecule has 3 aromatic carbocycles. The van der Waals surface area contributed by atoms with Crippen LogP contribution in [0.3, 0.4) is 0 Å². The monoisotopic (exact) mass is 786 g/mol. The van der Waals surface area contributed by atoms with E-state index in [0.717, 1.165) is 34.6 Å². The lowest BCUT2D eigenvalue weighted by Crippen LogP contribution is -2.39. The second kappa shape index (κ2) is 18.7. The van der Waals surface area contributed by atoms with Gasteiger partial charge in [-0.3, -0.25) is 14.3 Å². The highest BCUT2D eigenvalue weighted by molar-refractivity contribution is 7.44. The summed E-state index contributed by atoms with van der Waals surface area (Å²) in [5.41, 5.74) is 1.98. The van der Waals surface area contributed by atoms with Gasteiger partial charge >= 0.3 is 0 Å². The Bertz CT molecular complexity index is 1990. The van der Waals surface area contributed by atoms with Crippen molar-refractivity contribution in [1.29, 1.82) is 0 Å². The van der Waals surface area contributed by atoms with Gasteiger partial charge in [0.15, 0.2) is 11.2 Å². The molecule has 56 heavy (non-hydrogen) atoms. The number of H-pyrrole nitrogens is 1. The van der Waals surface area contributed by atoms with Crippen LogP contribution in [0.15, 0.2) is 90.0 Å². The number of hydrogen-bond donors (Lipinski definition) is 2. The number of nitrogens with one attached hydrogen (secondary N) is 2. The van der Waals surface area contributed by atoms with Gasteiger partial charge in [-0.25, -0.2) is 9.65 Å². The molecule has 1 unspecified atom stereocenters. The number of hydrogen-bond acceptors (Lipinski definition) is 11. The number of aromatic amines is 1. The van der Waals surface area contributed by atoms with Crippen molar-refractivity contribution in [3.05, 3.63) is 112 Å². The fourth-order valence-electron chi connectivity index (χ4n) is 7.21. The van der Waals surface area contributed by atoms with Gasteiger partial charge in [0.05, 0.1) is 39.9 Å². The summed E-state index contributed by atoms with van der Waals surface area (Å²) in [6, 6.07) is 26.4. The quantitative estimate of drug-likeness (QED) is 0.0623. The number of rotatable bonds is 19. The first-order chi connectivity index (χ1) is 27.1. The molecule has 13 nitrogen and oxygen atoms in total. The molecule has 2 N–H and O–H groups in total. The van der Waals surface area contributed by atoms with Gasteiger partial charge in [-0.2, -0.15) is 4.98 Å². The van der Waals surface area contributed by atoms with Crippen molar-refractivity contribution in [2.24, 2.45) is 0 Å². The SMILES string of the molecule is CCCOP(O[C@H]1C[C@H](n2cnc3c(=O)[nH]c(NCC)nc32)O[C@@H]1COC(c1ccccc1)(c1ccc(OC)cc1)c1ccc(OC)cc1)N(C(C)C)C(C)C. The van der Waals surface area contributed by atoms with Crippen LogP contribution in [0.1, 0.15) is 77.3 Å². The second-order valence-corrected chi connectivity index (χ2v) is 15.6. The van der Waals surface area contributed by atoms with Crippen LogP contribution in [0, 0.1) is 0 Å². The van der Waals surface area contributed by atoms with Crippen LogP contribution >= 0.6 is 8.53 Å². The molecule has 4 atom stereocenters. The Morgan fingerprint density at radius 1 is 0.929 bits per heavy atom. The van der Waals surface area contributed by atoms with E-state index in [1.165, 1.54) is 0 Å². The van der Waals surface area contributed by atoms with Gasteiger partial charge in [-0.15, -0.1) is 0 Å². The molecule has 2 aromatic heterocycles. The van der Waals surface area contributed by atoms with Crippen LogP contribution < -0.4 is 20.3 Å². The van der Waals surface area contributed by atoms with Crippen LogP contribution in [0.25, 0.3) is 11.2 Å². The molecule has 300 valence electrons.